The summed E-state index contributed by atoms with van der Waals surface area (Å²) in [5.74, 6) is -0.770. The molecular formula is C13H26O6. The summed E-state index contributed by atoms with van der Waals surface area (Å²) < 4.78 is 9.24. The van der Waals surface area contributed by atoms with E-state index in [4.69, 9.17) is 10.2 Å². The van der Waals surface area contributed by atoms with Crippen LogP contribution in [-0.2, 0) is 19.1 Å². The van der Waals surface area contributed by atoms with Gasteiger partial charge in [0.05, 0.1) is 13.2 Å². The molecule has 0 saturated heterocycles. The number of carbonyl (C=O) groups is 2. The van der Waals surface area contributed by atoms with E-state index < -0.39 is 24.1 Å². The van der Waals surface area contributed by atoms with E-state index in [0.29, 0.717) is 19.1 Å². The van der Waals surface area contributed by atoms with Crippen molar-refractivity contribution in [3.63, 3.8) is 0 Å². The molecule has 0 bridgehead atoms. The van der Waals surface area contributed by atoms with Crippen molar-refractivity contribution in [1.29, 1.82) is 0 Å². The number of rotatable bonds is 6. The van der Waals surface area contributed by atoms with Crippen LogP contribution in [0.5, 0.6) is 0 Å². The van der Waals surface area contributed by atoms with E-state index in [-0.39, 0.29) is 0 Å². The Morgan fingerprint density at radius 1 is 0.947 bits per heavy atom. The molecule has 2 unspecified atom stereocenters. The number of hydrogen-bond donors (Lipinski definition) is 2. The van der Waals surface area contributed by atoms with Crippen LogP contribution >= 0.6 is 0 Å². The Balaban J connectivity index is 0. The molecule has 0 heterocycles. The minimum absolute atomic E-state index is 0.322. The predicted octanol–water partition coefficient (Wildman–Crippen LogP) is 0.887. The fourth-order valence-electron chi connectivity index (χ4n) is 0.693. The monoisotopic (exact) mass is 278 g/mol. The maximum atomic E-state index is 10.6. The van der Waals surface area contributed by atoms with Crippen molar-refractivity contribution in [2.75, 3.05) is 13.2 Å². The second-order valence-corrected chi connectivity index (χ2v) is 4.54. The van der Waals surface area contributed by atoms with Crippen LogP contribution < -0.4 is 0 Å². The molecule has 0 aromatic heterocycles. The highest BCUT2D eigenvalue weighted by Crippen LogP contribution is 1.94. The van der Waals surface area contributed by atoms with Gasteiger partial charge in [0.25, 0.3) is 0 Å². The topological polar surface area (TPSA) is 93.1 Å². The van der Waals surface area contributed by atoms with E-state index in [0.717, 1.165) is 6.42 Å². The first-order valence-electron chi connectivity index (χ1n) is 6.41. The molecule has 114 valence electrons. The number of ether oxygens (including phenoxy) is 2. The Kier molecular flexibility index (Phi) is 12.7. The average molecular weight is 278 g/mol. The second kappa shape index (κ2) is 11.9. The highest BCUT2D eigenvalue weighted by Gasteiger charge is 2.10. The molecule has 0 aliphatic rings. The lowest BCUT2D eigenvalue weighted by Crippen LogP contribution is -2.21. The van der Waals surface area contributed by atoms with Gasteiger partial charge in [0.2, 0.25) is 0 Å². The lowest BCUT2D eigenvalue weighted by molar-refractivity contribution is -0.153. The number of aliphatic hydroxyl groups excluding tert-OH is 2. The van der Waals surface area contributed by atoms with Gasteiger partial charge in [-0.05, 0) is 26.2 Å². The normalized spacial score (nSPS) is 13.1. The summed E-state index contributed by atoms with van der Waals surface area (Å²) in [7, 11) is 0. The van der Waals surface area contributed by atoms with Crippen molar-refractivity contribution >= 4 is 11.9 Å². The molecule has 6 nitrogen and oxygen atoms in total. The second-order valence-electron chi connectivity index (χ2n) is 4.54. The van der Waals surface area contributed by atoms with Gasteiger partial charge in [-0.3, -0.25) is 0 Å². The number of aliphatic hydroxyl groups is 2. The van der Waals surface area contributed by atoms with Gasteiger partial charge >= 0.3 is 11.9 Å². The minimum Gasteiger partial charge on any atom is -0.464 e. The first kappa shape index (κ1) is 20.2. The highest BCUT2D eigenvalue weighted by molar-refractivity contribution is 5.74. The van der Waals surface area contributed by atoms with Crippen molar-refractivity contribution in [3.05, 3.63) is 0 Å². The SMILES string of the molecule is CC(C)COC(=O)C(C)O.CCCOC(=O)C(C)O. The lowest BCUT2D eigenvalue weighted by atomic mass is 10.2. The molecule has 0 aromatic rings. The van der Waals surface area contributed by atoms with Gasteiger partial charge < -0.3 is 19.7 Å². The van der Waals surface area contributed by atoms with Gasteiger partial charge in [-0.15, -0.1) is 0 Å². The van der Waals surface area contributed by atoms with Crippen molar-refractivity contribution in [2.24, 2.45) is 5.92 Å². The zero-order valence-corrected chi connectivity index (χ0v) is 12.4. The van der Waals surface area contributed by atoms with Crippen LogP contribution in [-0.4, -0.2) is 47.6 Å². The minimum atomic E-state index is -1.00. The summed E-state index contributed by atoms with van der Waals surface area (Å²) in [6.45, 7) is 9.33. The Morgan fingerprint density at radius 2 is 1.37 bits per heavy atom. The van der Waals surface area contributed by atoms with Crippen molar-refractivity contribution < 1.29 is 29.3 Å². The van der Waals surface area contributed by atoms with Gasteiger partial charge in [-0.25, -0.2) is 9.59 Å². The van der Waals surface area contributed by atoms with Gasteiger partial charge in [0.15, 0.2) is 0 Å². The summed E-state index contributed by atoms with van der Waals surface area (Å²) in [5.41, 5.74) is 0. The van der Waals surface area contributed by atoms with Crippen LogP contribution in [0.3, 0.4) is 0 Å². The van der Waals surface area contributed by atoms with Gasteiger partial charge in [0, 0.05) is 0 Å². The molecule has 0 fully saturated rings. The number of hydrogen-bond acceptors (Lipinski definition) is 6. The van der Waals surface area contributed by atoms with Crippen LogP contribution in [0.4, 0.5) is 0 Å². The van der Waals surface area contributed by atoms with Crippen LogP contribution in [0.25, 0.3) is 0 Å². The van der Waals surface area contributed by atoms with E-state index in [2.05, 4.69) is 9.47 Å². The third kappa shape index (κ3) is 14.8. The van der Waals surface area contributed by atoms with E-state index in [1.165, 1.54) is 13.8 Å². The molecule has 0 saturated carbocycles. The largest absolute Gasteiger partial charge is 0.464 e. The Labute approximate surface area is 114 Å². The van der Waals surface area contributed by atoms with E-state index in [9.17, 15) is 9.59 Å². The van der Waals surface area contributed by atoms with Crippen LogP contribution in [0, 0.1) is 5.92 Å². The standard InChI is InChI=1S/C7H14O3.C6H12O3/c1-5(2)4-10-7(9)6(3)8;1-3-4-9-6(8)5(2)7/h5-6,8H,4H2,1-3H3;5,7H,3-4H2,1-2H3. The van der Waals surface area contributed by atoms with Crippen LogP contribution in [0.2, 0.25) is 0 Å². The van der Waals surface area contributed by atoms with Crippen molar-refractivity contribution in [2.45, 2.75) is 53.2 Å². The summed E-state index contributed by atoms with van der Waals surface area (Å²) in [4.78, 5) is 21.0. The zero-order valence-electron chi connectivity index (χ0n) is 12.4. The third-order valence-corrected chi connectivity index (χ3v) is 1.69. The quantitative estimate of drug-likeness (QED) is 0.701. The van der Waals surface area contributed by atoms with Gasteiger partial charge in [-0.1, -0.05) is 20.8 Å². The Morgan fingerprint density at radius 3 is 1.68 bits per heavy atom. The summed E-state index contributed by atoms with van der Waals surface area (Å²) in [6, 6.07) is 0. The first-order chi connectivity index (χ1) is 8.72. The Hall–Kier alpha value is -1.14. The molecule has 0 spiro atoms. The maximum absolute atomic E-state index is 10.6. The first-order valence-corrected chi connectivity index (χ1v) is 6.41. The average Bonchev–Trinajstić information content (AvgIpc) is 2.33. The summed E-state index contributed by atoms with van der Waals surface area (Å²) in [6.07, 6.45) is -1.20. The smallest absolute Gasteiger partial charge is 0.334 e. The molecule has 2 atom stereocenters. The number of carbonyl (C=O) groups excluding carboxylic acids is 2. The maximum Gasteiger partial charge on any atom is 0.334 e. The molecule has 0 aliphatic heterocycles. The van der Waals surface area contributed by atoms with Crippen molar-refractivity contribution in [1.82, 2.24) is 0 Å². The summed E-state index contributed by atoms with van der Waals surface area (Å²) in [5, 5.41) is 17.2. The lowest BCUT2D eigenvalue weighted by Gasteiger charge is -2.07. The van der Waals surface area contributed by atoms with Crippen LogP contribution in [0.15, 0.2) is 0 Å². The Bertz CT molecular complexity index is 248. The molecule has 0 aromatic carbocycles. The fourth-order valence-corrected chi connectivity index (χ4v) is 0.693. The molecule has 0 rings (SSSR count). The summed E-state index contributed by atoms with van der Waals surface area (Å²) >= 11 is 0. The van der Waals surface area contributed by atoms with Crippen LogP contribution in [0.1, 0.15) is 41.0 Å². The molecule has 6 heteroatoms. The van der Waals surface area contributed by atoms with Gasteiger partial charge in [-0.2, -0.15) is 0 Å². The number of esters is 2. The molecule has 0 amide bonds. The van der Waals surface area contributed by atoms with Crippen molar-refractivity contribution in [3.8, 4) is 0 Å². The molecular weight excluding hydrogens is 252 g/mol. The molecule has 0 aliphatic carbocycles. The van der Waals surface area contributed by atoms with E-state index in [1.54, 1.807) is 0 Å². The fraction of sp³-hybridized carbons (Fsp3) is 0.846. The zero-order chi connectivity index (χ0) is 15.4. The van der Waals surface area contributed by atoms with E-state index in [1.807, 2.05) is 20.8 Å². The molecule has 19 heavy (non-hydrogen) atoms. The predicted molar refractivity (Wildman–Crippen MR) is 70.4 cm³/mol. The third-order valence-electron chi connectivity index (χ3n) is 1.69. The molecule has 0 radical (unpaired) electrons. The highest BCUT2D eigenvalue weighted by atomic mass is 16.5. The molecule has 2 N–H and O–H groups in total. The van der Waals surface area contributed by atoms with Gasteiger partial charge in [0.1, 0.15) is 12.2 Å². The van der Waals surface area contributed by atoms with E-state index >= 15 is 0 Å².